The molecule has 0 radical (unpaired) electrons. The van der Waals surface area contributed by atoms with Crippen molar-refractivity contribution in [3.8, 4) is 0 Å². The first-order valence-electron chi connectivity index (χ1n) is 14.7. The Morgan fingerprint density at radius 1 is 1.00 bits per heavy atom. The number of fused-ring (bicyclic) bond motifs is 1. The molecule has 0 aliphatic heterocycles. The van der Waals surface area contributed by atoms with Crippen LogP contribution in [0.15, 0.2) is 34.2 Å². The molecule has 9 heteroatoms. The van der Waals surface area contributed by atoms with Crippen LogP contribution in [-0.4, -0.2) is 41.7 Å². The third-order valence-corrected chi connectivity index (χ3v) is 10.5. The number of hydrogen-bond donors (Lipinski definition) is 1. The maximum Gasteiger partial charge on any atom is 0.274 e. The van der Waals surface area contributed by atoms with Gasteiger partial charge in [0.2, 0.25) is 5.91 Å². The molecule has 1 aromatic carbocycles. The molecule has 3 aromatic rings. The predicted molar refractivity (Wildman–Crippen MR) is 154 cm³/mol. The minimum Gasteiger partial charge on any atom is -0.350 e. The molecule has 1 amide bonds. The number of benzene rings is 1. The number of unbranched alkanes of at least 4 members (excludes halogenated alkanes) is 4. The van der Waals surface area contributed by atoms with Crippen LogP contribution >= 0.6 is 11.8 Å². The van der Waals surface area contributed by atoms with E-state index in [0.717, 1.165) is 64.8 Å². The van der Waals surface area contributed by atoms with Gasteiger partial charge in [-0.15, -0.1) is 10.2 Å². The lowest BCUT2D eigenvalue weighted by molar-refractivity contribution is -0.123. The largest absolute Gasteiger partial charge is 0.350 e. The maximum atomic E-state index is 12.6. The normalized spacial score (nSPS) is 25.1. The number of carbonyl (C=O) groups is 1. The molecule has 0 saturated heterocycles. The molecule has 0 spiro atoms. The highest BCUT2D eigenvalue weighted by molar-refractivity contribution is 7.99. The van der Waals surface area contributed by atoms with Crippen molar-refractivity contribution in [2.75, 3.05) is 5.75 Å². The van der Waals surface area contributed by atoms with Gasteiger partial charge in [0.15, 0.2) is 5.16 Å². The van der Waals surface area contributed by atoms with E-state index in [9.17, 15) is 9.59 Å². The number of aromatic nitrogens is 5. The highest BCUT2D eigenvalue weighted by Gasteiger charge is 2.58. The molecular formula is C30H40N6O2S. The van der Waals surface area contributed by atoms with Crippen molar-refractivity contribution in [2.45, 2.75) is 87.7 Å². The first-order chi connectivity index (χ1) is 18.9. The molecule has 208 valence electrons. The minimum atomic E-state index is -0.0888. The van der Waals surface area contributed by atoms with Crippen LogP contribution in [0, 0.1) is 17.8 Å². The Kier molecular flexibility index (Phi) is 7.53. The first kappa shape index (κ1) is 26.5. The molecule has 4 aliphatic rings. The zero-order valence-electron chi connectivity index (χ0n) is 23.2. The molecule has 2 aromatic heterocycles. The number of rotatable bonds is 12. The van der Waals surface area contributed by atoms with Crippen molar-refractivity contribution >= 4 is 28.4 Å². The van der Waals surface area contributed by atoms with Crippen molar-refractivity contribution in [2.24, 2.45) is 31.8 Å². The van der Waals surface area contributed by atoms with E-state index >= 15 is 0 Å². The number of aryl methyl sites for hydroxylation is 1. The van der Waals surface area contributed by atoms with E-state index in [1.807, 2.05) is 35.9 Å². The van der Waals surface area contributed by atoms with Gasteiger partial charge in [-0.1, -0.05) is 49.2 Å². The average Bonchev–Trinajstić information content (AvgIpc) is 3.47. The zero-order valence-corrected chi connectivity index (χ0v) is 24.0. The number of thioether (sulfide) groups is 1. The van der Waals surface area contributed by atoms with Crippen LogP contribution in [0.4, 0.5) is 0 Å². The summed E-state index contributed by atoms with van der Waals surface area (Å²) in [5.74, 6) is 4.65. The molecule has 2 atom stereocenters. The van der Waals surface area contributed by atoms with Gasteiger partial charge in [-0.2, -0.15) is 5.10 Å². The van der Waals surface area contributed by atoms with Gasteiger partial charge in [-0.05, 0) is 68.8 Å². The van der Waals surface area contributed by atoms with E-state index in [2.05, 4.69) is 20.6 Å². The molecule has 4 fully saturated rings. The van der Waals surface area contributed by atoms with E-state index in [0.29, 0.717) is 18.2 Å². The van der Waals surface area contributed by atoms with Crippen LogP contribution in [0.3, 0.4) is 0 Å². The molecule has 2 heterocycles. The van der Waals surface area contributed by atoms with Gasteiger partial charge in [0.05, 0.1) is 17.5 Å². The Morgan fingerprint density at radius 2 is 1.72 bits per heavy atom. The lowest BCUT2D eigenvalue weighted by Crippen LogP contribution is -2.49. The fourth-order valence-electron chi connectivity index (χ4n) is 7.70. The third kappa shape index (κ3) is 5.39. The molecular weight excluding hydrogens is 508 g/mol. The predicted octanol–water partition coefficient (Wildman–Crippen LogP) is 4.78. The fourth-order valence-corrected chi connectivity index (χ4v) is 8.63. The van der Waals surface area contributed by atoms with Crippen molar-refractivity contribution in [1.82, 2.24) is 29.9 Å². The standard InChI is InChI=1S/C30H40N6O2S/c1-35-26(17-25-23-10-7-8-11-24(23)28(38)36(2)34-25)32-33-29(35)39-13-9-5-3-4-6-12-27(37)31-30-18-20-14-21(19-30)16-22(30)15-20/h7-8,10-11,20-22H,3-6,9,12-19H2,1-2H3,(H,31,37). The fraction of sp³-hybridized carbons (Fsp3) is 0.633. The molecule has 4 aliphatic carbocycles. The van der Waals surface area contributed by atoms with Gasteiger partial charge in [0.25, 0.3) is 5.56 Å². The molecule has 7 rings (SSSR count). The summed E-state index contributed by atoms with van der Waals surface area (Å²) in [5.41, 5.74) is 0.913. The summed E-state index contributed by atoms with van der Waals surface area (Å²) in [6, 6.07) is 7.60. The highest BCUT2D eigenvalue weighted by atomic mass is 32.2. The summed E-state index contributed by atoms with van der Waals surface area (Å²) < 4.78 is 3.44. The summed E-state index contributed by atoms with van der Waals surface area (Å²) in [6.45, 7) is 0. The lowest BCUT2D eigenvalue weighted by atomic mass is 9.80. The Morgan fingerprint density at radius 3 is 2.51 bits per heavy atom. The van der Waals surface area contributed by atoms with Crippen molar-refractivity contribution in [3.63, 3.8) is 0 Å². The molecule has 1 N–H and O–H groups in total. The maximum absolute atomic E-state index is 12.6. The van der Waals surface area contributed by atoms with E-state index < -0.39 is 0 Å². The van der Waals surface area contributed by atoms with Crippen molar-refractivity contribution < 1.29 is 4.79 Å². The molecule has 4 bridgehead atoms. The second kappa shape index (κ2) is 11.1. The van der Waals surface area contributed by atoms with E-state index in [1.165, 1.54) is 49.6 Å². The number of carbonyl (C=O) groups excluding carboxylic acids is 1. The summed E-state index contributed by atoms with van der Waals surface area (Å²) in [6.07, 6.45) is 13.4. The van der Waals surface area contributed by atoms with Gasteiger partial charge in [0, 0.05) is 37.2 Å². The molecule has 8 nitrogen and oxygen atoms in total. The number of amides is 1. The van der Waals surface area contributed by atoms with Crippen LogP contribution in [0.5, 0.6) is 0 Å². The van der Waals surface area contributed by atoms with Gasteiger partial charge in [-0.25, -0.2) is 4.68 Å². The average molecular weight is 549 g/mol. The van der Waals surface area contributed by atoms with E-state index in [-0.39, 0.29) is 17.0 Å². The van der Waals surface area contributed by atoms with Crippen LogP contribution in [0.25, 0.3) is 10.8 Å². The van der Waals surface area contributed by atoms with Crippen molar-refractivity contribution in [3.05, 3.63) is 46.1 Å². The zero-order chi connectivity index (χ0) is 27.0. The molecule has 4 saturated carbocycles. The molecule has 2 unspecified atom stereocenters. The number of nitrogens with zero attached hydrogens (tertiary/aromatic N) is 5. The third-order valence-electron chi connectivity index (χ3n) is 9.44. The van der Waals surface area contributed by atoms with Crippen LogP contribution in [-0.2, 0) is 25.3 Å². The Balaban J connectivity index is 0.901. The van der Waals surface area contributed by atoms with Gasteiger partial charge in [-0.3, -0.25) is 9.59 Å². The van der Waals surface area contributed by atoms with Crippen molar-refractivity contribution in [1.29, 1.82) is 0 Å². The quantitative estimate of drug-likeness (QED) is 0.259. The first-order valence-corrected chi connectivity index (χ1v) is 15.7. The van der Waals surface area contributed by atoms with Crippen LogP contribution in [0.1, 0.15) is 82.1 Å². The minimum absolute atomic E-state index is 0.0888. The van der Waals surface area contributed by atoms with Crippen LogP contribution < -0.4 is 10.9 Å². The van der Waals surface area contributed by atoms with E-state index in [4.69, 9.17) is 0 Å². The number of hydrogen-bond acceptors (Lipinski definition) is 6. The lowest BCUT2D eigenvalue weighted by Gasteiger charge is -2.34. The Hall–Kier alpha value is -2.68. The molecule has 39 heavy (non-hydrogen) atoms. The second-order valence-electron chi connectivity index (χ2n) is 12.2. The van der Waals surface area contributed by atoms with Crippen LogP contribution in [0.2, 0.25) is 0 Å². The number of nitrogens with one attached hydrogen (secondary N) is 1. The highest BCUT2D eigenvalue weighted by Crippen LogP contribution is 2.60. The Bertz CT molecular complexity index is 1400. The SMILES string of the molecule is Cn1c(Cc2nn(C)c(=O)c3ccccc23)nnc1SCCCCCCCC(=O)NC12CC3CC(CC1C3)C2. The second-order valence-corrected chi connectivity index (χ2v) is 13.2. The smallest absolute Gasteiger partial charge is 0.274 e. The van der Waals surface area contributed by atoms with Gasteiger partial charge < -0.3 is 9.88 Å². The topological polar surface area (TPSA) is 94.7 Å². The van der Waals surface area contributed by atoms with Gasteiger partial charge >= 0.3 is 0 Å². The summed E-state index contributed by atoms with van der Waals surface area (Å²) in [4.78, 5) is 25.1. The summed E-state index contributed by atoms with van der Waals surface area (Å²) in [7, 11) is 3.68. The Labute approximate surface area is 234 Å². The monoisotopic (exact) mass is 548 g/mol. The van der Waals surface area contributed by atoms with E-state index in [1.54, 1.807) is 18.8 Å². The van der Waals surface area contributed by atoms with Gasteiger partial charge in [0.1, 0.15) is 5.82 Å². The summed E-state index contributed by atoms with van der Waals surface area (Å²) in [5, 5.41) is 19.3. The summed E-state index contributed by atoms with van der Waals surface area (Å²) >= 11 is 1.74.